The molecule has 9 nitrogen and oxygen atoms in total. The Morgan fingerprint density at radius 2 is 1.85 bits per heavy atom. The standard InChI is InChI=1S/C23H15Cl2N5O4/c1-11-7-18(19-3-2-6-33-19)27-17-5-4-13(10-14(11)17)34-20-15(24)8-12(9-16(20)25)30-23(32)28-22(31)21(26)29-30/h2-10H,1H3,(H2,26,29)(H,28,31,32). The third-order valence-electron chi connectivity index (χ3n) is 5.06. The Labute approximate surface area is 201 Å². The van der Waals surface area contributed by atoms with E-state index < -0.39 is 11.2 Å². The smallest absolute Gasteiger partial charge is 0.349 e. The molecule has 0 aliphatic heterocycles. The van der Waals surface area contributed by atoms with Crippen molar-refractivity contribution >= 4 is 39.9 Å². The second kappa shape index (κ2) is 8.36. The quantitative estimate of drug-likeness (QED) is 0.368. The third-order valence-corrected chi connectivity index (χ3v) is 5.62. The molecule has 0 saturated carbocycles. The molecule has 170 valence electrons. The van der Waals surface area contributed by atoms with Gasteiger partial charge in [0.2, 0.25) is 5.82 Å². The largest absolute Gasteiger partial charge is 0.463 e. The summed E-state index contributed by atoms with van der Waals surface area (Å²) < 4.78 is 12.3. The van der Waals surface area contributed by atoms with E-state index in [1.807, 2.05) is 37.3 Å². The van der Waals surface area contributed by atoms with Gasteiger partial charge in [0.25, 0.3) is 5.56 Å². The van der Waals surface area contributed by atoms with E-state index in [0.717, 1.165) is 26.8 Å². The number of nitrogens with one attached hydrogen (secondary N) is 1. The molecule has 0 saturated heterocycles. The van der Waals surface area contributed by atoms with Gasteiger partial charge < -0.3 is 14.9 Å². The zero-order chi connectivity index (χ0) is 24.0. The molecule has 0 aliphatic rings. The predicted molar refractivity (Wildman–Crippen MR) is 129 cm³/mol. The van der Waals surface area contributed by atoms with Crippen molar-refractivity contribution in [2.24, 2.45) is 0 Å². The van der Waals surface area contributed by atoms with Crippen molar-refractivity contribution in [3.05, 3.63) is 91.2 Å². The van der Waals surface area contributed by atoms with Gasteiger partial charge in [0.1, 0.15) is 11.4 Å². The van der Waals surface area contributed by atoms with Crippen LogP contribution in [0.4, 0.5) is 5.82 Å². The number of ether oxygens (including phenoxy) is 1. The Morgan fingerprint density at radius 1 is 1.09 bits per heavy atom. The number of anilines is 1. The van der Waals surface area contributed by atoms with Crippen molar-refractivity contribution in [1.29, 1.82) is 0 Å². The van der Waals surface area contributed by atoms with Gasteiger partial charge in [-0.2, -0.15) is 4.68 Å². The van der Waals surface area contributed by atoms with Gasteiger partial charge in [0.05, 0.1) is 27.5 Å². The van der Waals surface area contributed by atoms with E-state index in [9.17, 15) is 9.59 Å². The second-order valence-corrected chi connectivity index (χ2v) is 8.19. The first-order valence-electron chi connectivity index (χ1n) is 9.92. The molecule has 5 rings (SSSR count). The van der Waals surface area contributed by atoms with Gasteiger partial charge in [-0.05, 0) is 61.0 Å². The van der Waals surface area contributed by atoms with E-state index in [-0.39, 0.29) is 27.3 Å². The van der Waals surface area contributed by atoms with Crippen molar-refractivity contribution in [3.8, 4) is 28.6 Å². The number of fused-ring (bicyclic) bond motifs is 1. The molecule has 3 heterocycles. The van der Waals surface area contributed by atoms with E-state index >= 15 is 0 Å². The van der Waals surface area contributed by atoms with Gasteiger partial charge in [0, 0.05) is 5.39 Å². The van der Waals surface area contributed by atoms with Crippen LogP contribution in [-0.4, -0.2) is 19.7 Å². The van der Waals surface area contributed by atoms with E-state index in [1.54, 1.807) is 12.3 Å². The number of nitrogen functional groups attached to an aromatic ring is 1. The van der Waals surface area contributed by atoms with Crippen molar-refractivity contribution in [1.82, 2.24) is 19.7 Å². The van der Waals surface area contributed by atoms with E-state index in [4.69, 9.17) is 38.1 Å². The minimum Gasteiger partial charge on any atom is -0.463 e. The first-order chi connectivity index (χ1) is 16.3. The molecule has 11 heteroatoms. The molecule has 0 bridgehead atoms. The highest BCUT2D eigenvalue weighted by Crippen LogP contribution is 2.39. The monoisotopic (exact) mass is 495 g/mol. The highest BCUT2D eigenvalue weighted by Gasteiger charge is 2.15. The molecule has 0 spiro atoms. The number of aryl methyl sites for hydroxylation is 1. The SMILES string of the molecule is Cc1cc(-c2ccco2)nc2ccc(Oc3c(Cl)cc(-n4nc(N)c(=O)[nH]c4=O)cc3Cl)cc12. The number of hydrogen-bond acceptors (Lipinski definition) is 7. The molecule has 0 aliphatic carbocycles. The van der Waals surface area contributed by atoms with E-state index in [0.29, 0.717) is 11.5 Å². The van der Waals surface area contributed by atoms with E-state index in [1.165, 1.54) is 12.1 Å². The molecular formula is C23H15Cl2N5O4. The minimum atomic E-state index is -0.786. The average molecular weight is 496 g/mol. The maximum atomic E-state index is 12.1. The number of furan rings is 1. The molecule has 3 N–H and O–H groups in total. The molecule has 0 unspecified atom stereocenters. The summed E-state index contributed by atoms with van der Waals surface area (Å²) in [6, 6.07) is 13.9. The van der Waals surface area contributed by atoms with Crippen LogP contribution in [0, 0.1) is 6.92 Å². The average Bonchev–Trinajstić information content (AvgIpc) is 3.34. The molecule has 0 fully saturated rings. The number of pyridine rings is 1. The summed E-state index contributed by atoms with van der Waals surface area (Å²) in [6.45, 7) is 1.97. The first kappa shape index (κ1) is 21.7. The second-order valence-electron chi connectivity index (χ2n) is 7.38. The third kappa shape index (κ3) is 3.91. The van der Waals surface area contributed by atoms with Crippen LogP contribution in [0.3, 0.4) is 0 Å². The van der Waals surface area contributed by atoms with Crippen LogP contribution in [0.15, 0.2) is 68.8 Å². The van der Waals surface area contributed by atoms with Gasteiger partial charge in [-0.1, -0.05) is 23.2 Å². The maximum Gasteiger partial charge on any atom is 0.349 e. The molecule has 2 aromatic carbocycles. The molecular weight excluding hydrogens is 481 g/mol. The van der Waals surface area contributed by atoms with Crippen LogP contribution in [0.5, 0.6) is 11.5 Å². The Morgan fingerprint density at radius 3 is 2.56 bits per heavy atom. The van der Waals surface area contributed by atoms with Crippen molar-refractivity contribution in [3.63, 3.8) is 0 Å². The number of aromatic nitrogens is 4. The van der Waals surface area contributed by atoms with Crippen LogP contribution in [-0.2, 0) is 0 Å². The lowest BCUT2D eigenvalue weighted by Crippen LogP contribution is -2.33. The summed E-state index contributed by atoms with van der Waals surface area (Å²) in [7, 11) is 0. The van der Waals surface area contributed by atoms with Gasteiger partial charge in [-0.3, -0.25) is 9.78 Å². The lowest BCUT2D eigenvalue weighted by Gasteiger charge is -2.13. The maximum absolute atomic E-state index is 12.1. The van der Waals surface area contributed by atoms with Gasteiger partial charge >= 0.3 is 5.69 Å². The summed E-state index contributed by atoms with van der Waals surface area (Å²) in [4.78, 5) is 30.3. The number of H-pyrrole nitrogens is 1. The fraction of sp³-hybridized carbons (Fsp3) is 0.0435. The topological polar surface area (TPSA) is 129 Å². The Bertz CT molecular complexity index is 1650. The Balaban J connectivity index is 1.51. The Kier molecular flexibility index (Phi) is 5.35. The minimum absolute atomic E-state index is 0.129. The van der Waals surface area contributed by atoms with E-state index in [2.05, 4.69) is 15.1 Å². The lowest BCUT2D eigenvalue weighted by molar-refractivity contribution is 0.483. The Hall–Kier alpha value is -4.08. The molecule has 5 aromatic rings. The number of nitrogens with two attached hydrogens (primary N) is 1. The summed E-state index contributed by atoms with van der Waals surface area (Å²) in [5, 5.41) is 4.92. The number of halogens is 2. The number of hydrogen-bond donors (Lipinski definition) is 2. The summed E-state index contributed by atoms with van der Waals surface area (Å²) >= 11 is 12.8. The van der Waals surface area contributed by atoms with Gasteiger partial charge in [-0.25, -0.2) is 9.78 Å². The predicted octanol–water partition coefficient (Wildman–Crippen LogP) is 4.72. The highest BCUT2D eigenvalue weighted by molar-refractivity contribution is 6.37. The molecule has 34 heavy (non-hydrogen) atoms. The molecule has 0 radical (unpaired) electrons. The molecule has 0 amide bonds. The normalized spacial score (nSPS) is 11.1. The summed E-state index contributed by atoms with van der Waals surface area (Å²) in [5.74, 6) is 0.988. The number of rotatable bonds is 4. The van der Waals surface area contributed by atoms with Gasteiger partial charge in [-0.15, -0.1) is 5.10 Å². The lowest BCUT2D eigenvalue weighted by atomic mass is 10.1. The molecule has 3 aromatic heterocycles. The van der Waals surface area contributed by atoms with Crippen molar-refractivity contribution in [2.75, 3.05) is 5.73 Å². The summed E-state index contributed by atoms with van der Waals surface area (Å²) in [6.07, 6.45) is 1.60. The first-order valence-corrected chi connectivity index (χ1v) is 10.7. The van der Waals surface area contributed by atoms with Crippen molar-refractivity contribution < 1.29 is 9.15 Å². The zero-order valence-electron chi connectivity index (χ0n) is 17.5. The van der Waals surface area contributed by atoms with Crippen LogP contribution >= 0.6 is 23.2 Å². The number of aromatic amines is 1. The fourth-order valence-corrected chi connectivity index (χ4v) is 4.01. The molecule has 0 atom stereocenters. The zero-order valence-corrected chi connectivity index (χ0v) is 19.0. The summed E-state index contributed by atoms with van der Waals surface area (Å²) in [5.41, 5.74) is 6.64. The highest BCUT2D eigenvalue weighted by atomic mass is 35.5. The van der Waals surface area contributed by atoms with Crippen LogP contribution in [0.2, 0.25) is 10.0 Å². The van der Waals surface area contributed by atoms with Crippen LogP contribution in [0.25, 0.3) is 28.0 Å². The van der Waals surface area contributed by atoms with Gasteiger partial charge in [0.15, 0.2) is 11.5 Å². The van der Waals surface area contributed by atoms with Crippen LogP contribution < -0.4 is 21.7 Å². The number of nitrogens with zero attached hydrogens (tertiary/aromatic N) is 3. The number of benzene rings is 2. The van der Waals surface area contributed by atoms with Crippen LogP contribution in [0.1, 0.15) is 5.56 Å². The van der Waals surface area contributed by atoms with Crippen molar-refractivity contribution in [2.45, 2.75) is 6.92 Å². The fourth-order valence-electron chi connectivity index (χ4n) is 3.46.